The number of hydrogen-bond acceptors (Lipinski definition) is 4. The van der Waals surface area contributed by atoms with Crippen LogP contribution >= 0.6 is 27.5 Å². The molecule has 2 aromatic heterocycles. The molecule has 0 radical (unpaired) electrons. The zero-order valence-corrected chi connectivity index (χ0v) is 19.9. The minimum absolute atomic E-state index is 0.192. The van der Waals surface area contributed by atoms with E-state index >= 15 is 0 Å². The van der Waals surface area contributed by atoms with Crippen LogP contribution in [0.5, 0.6) is 0 Å². The molecule has 0 aliphatic heterocycles. The van der Waals surface area contributed by atoms with Gasteiger partial charge in [0.1, 0.15) is 6.07 Å². The number of rotatable bonds is 4. The van der Waals surface area contributed by atoms with Crippen molar-refractivity contribution in [1.82, 2.24) is 19.7 Å². The van der Waals surface area contributed by atoms with Crippen LogP contribution in [0.4, 0.5) is 0 Å². The molecule has 164 valence electrons. The SMILES string of the molecule is N#CC(=Cc1cn(-c2ccccc2)nc1-c1ccc(Cl)cc1)c1nc2ccc(Br)cc2c(=O)[nH]1. The van der Waals surface area contributed by atoms with E-state index in [9.17, 15) is 10.1 Å². The molecule has 3 aromatic carbocycles. The van der Waals surface area contributed by atoms with Gasteiger partial charge in [0.05, 0.1) is 27.9 Å². The Hall–Kier alpha value is -3.99. The molecule has 8 heteroatoms. The first-order chi connectivity index (χ1) is 16.5. The van der Waals surface area contributed by atoms with Crippen molar-refractivity contribution in [3.05, 3.63) is 110 Å². The standard InChI is InChI=1S/C26H15BrClN5O/c27-19-8-11-23-22(13-19)26(34)31-25(30-23)17(14-29)12-18-15-33(21-4-2-1-3-5-21)32-24(18)16-6-9-20(28)10-7-16/h1-13,15H,(H,30,31,34). The van der Waals surface area contributed by atoms with Gasteiger partial charge in [0.2, 0.25) is 0 Å². The van der Waals surface area contributed by atoms with Crippen LogP contribution < -0.4 is 5.56 Å². The van der Waals surface area contributed by atoms with E-state index in [4.69, 9.17) is 16.7 Å². The van der Waals surface area contributed by atoms with Crippen LogP contribution in [-0.2, 0) is 0 Å². The van der Waals surface area contributed by atoms with Crippen molar-refractivity contribution < 1.29 is 0 Å². The van der Waals surface area contributed by atoms with Crippen LogP contribution in [0.2, 0.25) is 5.02 Å². The Morgan fingerprint density at radius 3 is 2.59 bits per heavy atom. The summed E-state index contributed by atoms with van der Waals surface area (Å²) in [6, 6.07) is 24.4. The summed E-state index contributed by atoms with van der Waals surface area (Å²) in [6.07, 6.45) is 3.52. The Labute approximate surface area is 207 Å². The molecule has 0 aliphatic carbocycles. The van der Waals surface area contributed by atoms with Crippen LogP contribution in [-0.4, -0.2) is 19.7 Å². The lowest BCUT2D eigenvalue weighted by Gasteiger charge is -2.03. The number of para-hydroxylation sites is 1. The molecule has 1 N–H and O–H groups in total. The van der Waals surface area contributed by atoms with E-state index in [0.29, 0.717) is 27.2 Å². The van der Waals surface area contributed by atoms with Crippen molar-refractivity contribution >= 4 is 50.1 Å². The zero-order valence-electron chi connectivity index (χ0n) is 17.5. The van der Waals surface area contributed by atoms with Gasteiger partial charge in [0.25, 0.3) is 5.56 Å². The number of H-pyrrole nitrogens is 1. The number of nitrogens with one attached hydrogen (secondary N) is 1. The van der Waals surface area contributed by atoms with E-state index in [1.54, 1.807) is 41.1 Å². The molecule has 2 heterocycles. The summed E-state index contributed by atoms with van der Waals surface area (Å²) in [7, 11) is 0. The molecule has 0 bridgehead atoms. The Balaban J connectivity index is 1.68. The fraction of sp³-hybridized carbons (Fsp3) is 0. The Morgan fingerprint density at radius 1 is 1.09 bits per heavy atom. The third-order valence-corrected chi connectivity index (χ3v) is 5.97. The van der Waals surface area contributed by atoms with Crippen molar-refractivity contribution in [2.45, 2.75) is 0 Å². The van der Waals surface area contributed by atoms with Gasteiger partial charge in [0.15, 0.2) is 5.82 Å². The Morgan fingerprint density at radius 2 is 1.85 bits per heavy atom. The number of fused-ring (bicyclic) bond motifs is 1. The topological polar surface area (TPSA) is 87.4 Å². The summed E-state index contributed by atoms with van der Waals surface area (Å²) in [4.78, 5) is 19.9. The fourth-order valence-corrected chi connectivity index (χ4v) is 4.07. The van der Waals surface area contributed by atoms with E-state index in [2.05, 4.69) is 32.0 Å². The van der Waals surface area contributed by atoms with Crippen LogP contribution in [0.25, 0.3) is 39.5 Å². The van der Waals surface area contributed by atoms with Crippen molar-refractivity contribution in [2.24, 2.45) is 0 Å². The quantitative estimate of drug-likeness (QED) is 0.279. The average Bonchev–Trinajstić information content (AvgIpc) is 3.28. The molecule has 0 unspecified atom stereocenters. The van der Waals surface area contributed by atoms with E-state index in [1.807, 2.05) is 48.7 Å². The minimum atomic E-state index is -0.319. The van der Waals surface area contributed by atoms with Crippen molar-refractivity contribution in [1.29, 1.82) is 5.26 Å². The van der Waals surface area contributed by atoms with Gasteiger partial charge in [-0.05, 0) is 48.5 Å². The number of hydrogen-bond donors (Lipinski definition) is 1. The molecular formula is C26H15BrClN5O. The van der Waals surface area contributed by atoms with E-state index in [-0.39, 0.29) is 17.0 Å². The highest BCUT2D eigenvalue weighted by Crippen LogP contribution is 2.28. The predicted octanol–water partition coefficient (Wildman–Crippen LogP) is 6.26. The molecule has 0 fully saturated rings. The van der Waals surface area contributed by atoms with Gasteiger partial charge >= 0.3 is 0 Å². The number of benzene rings is 3. The van der Waals surface area contributed by atoms with E-state index < -0.39 is 0 Å². The third-order valence-electron chi connectivity index (χ3n) is 5.22. The smallest absolute Gasteiger partial charge is 0.259 e. The first-order valence-corrected chi connectivity index (χ1v) is 11.4. The lowest BCUT2D eigenvalue weighted by Crippen LogP contribution is -2.11. The van der Waals surface area contributed by atoms with Gasteiger partial charge in [-0.25, -0.2) is 9.67 Å². The van der Waals surface area contributed by atoms with Crippen LogP contribution in [0.3, 0.4) is 0 Å². The second-order valence-corrected chi connectivity index (χ2v) is 8.82. The van der Waals surface area contributed by atoms with Gasteiger partial charge in [-0.1, -0.05) is 57.9 Å². The molecule has 0 saturated carbocycles. The zero-order chi connectivity index (χ0) is 23.7. The van der Waals surface area contributed by atoms with E-state index in [0.717, 1.165) is 15.7 Å². The molecule has 0 saturated heterocycles. The number of aromatic nitrogens is 4. The van der Waals surface area contributed by atoms with Crippen molar-refractivity contribution in [2.75, 3.05) is 0 Å². The van der Waals surface area contributed by atoms with E-state index in [1.165, 1.54) is 0 Å². The number of aromatic amines is 1. The summed E-state index contributed by atoms with van der Waals surface area (Å²) in [5, 5.41) is 15.8. The number of halogens is 2. The van der Waals surface area contributed by atoms with Crippen molar-refractivity contribution in [3.63, 3.8) is 0 Å². The fourth-order valence-electron chi connectivity index (χ4n) is 3.59. The lowest BCUT2D eigenvalue weighted by molar-refractivity contribution is 0.884. The number of nitrogens with zero attached hydrogens (tertiary/aromatic N) is 4. The number of allylic oxidation sites excluding steroid dienone is 1. The highest BCUT2D eigenvalue weighted by atomic mass is 79.9. The summed E-state index contributed by atoms with van der Waals surface area (Å²) >= 11 is 9.44. The summed E-state index contributed by atoms with van der Waals surface area (Å²) in [6.45, 7) is 0. The summed E-state index contributed by atoms with van der Waals surface area (Å²) in [5.74, 6) is 0.192. The third kappa shape index (κ3) is 4.29. The molecule has 0 atom stereocenters. The molecular weight excluding hydrogens is 514 g/mol. The first kappa shape index (κ1) is 21.8. The average molecular weight is 529 g/mol. The molecule has 0 aliphatic rings. The van der Waals surface area contributed by atoms with Crippen LogP contribution in [0, 0.1) is 11.3 Å². The normalized spacial score (nSPS) is 11.5. The van der Waals surface area contributed by atoms with Gasteiger partial charge in [-0.3, -0.25) is 4.79 Å². The molecule has 0 amide bonds. The highest BCUT2D eigenvalue weighted by molar-refractivity contribution is 9.10. The van der Waals surface area contributed by atoms with Gasteiger partial charge in [-0.15, -0.1) is 0 Å². The van der Waals surface area contributed by atoms with Gasteiger partial charge in [-0.2, -0.15) is 10.4 Å². The monoisotopic (exact) mass is 527 g/mol. The maximum absolute atomic E-state index is 12.7. The first-order valence-electron chi connectivity index (χ1n) is 10.2. The molecule has 5 aromatic rings. The molecule has 5 rings (SSSR count). The largest absolute Gasteiger partial charge is 0.305 e. The van der Waals surface area contributed by atoms with Gasteiger partial charge < -0.3 is 4.98 Å². The molecule has 34 heavy (non-hydrogen) atoms. The maximum atomic E-state index is 12.7. The summed E-state index contributed by atoms with van der Waals surface area (Å²) < 4.78 is 2.52. The van der Waals surface area contributed by atoms with Gasteiger partial charge in [0, 0.05) is 26.8 Å². The van der Waals surface area contributed by atoms with Crippen LogP contribution in [0.15, 0.2) is 88.3 Å². The minimum Gasteiger partial charge on any atom is -0.305 e. The van der Waals surface area contributed by atoms with Crippen molar-refractivity contribution in [3.8, 4) is 23.0 Å². The lowest BCUT2D eigenvalue weighted by atomic mass is 10.1. The Kier molecular flexibility index (Phi) is 5.84. The summed E-state index contributed by atoms with van der Waals surface area (Å²) in [5.41, 5.74) is 3.47. The second-order valence-electron chi connectivity index (χ2n) is 7.47. The molecule has 6 nitrogen and oxygen atoms in total. The Bertz CT molecular complexity index is 1650. The van der Waals surface area contributed by atoms with Crippen LogP contribution in [0.1, 0.15) is 11.4 Å². The molecule has 0 spiro atoms. The predicted molar refractivity (Wildman–Crippen MR) is 138 cm³/mol. The maximum Gasteiger partial charge on any atom is 0.259 e. The highest BCUT2D eigenvalue weighted by Gasteiger charge is 2.15. The second kappa shape index (κ2) is 9.10. The number of nitriles is 1.